The standard InChI is InChI=1S/C37H66O8/c1-3-4-5-6-7-8-9-10-11-15-18-35-36(45-35)24-22-32(40)31(39)20-21-33(41)34-23-19-30(44-34)17-14-12-13-16-29(38)26-28-25-27(2)43-37(28)42/h25,27,29-36,38-41H,3-24,26H2,1-2H3/t27?,29?,30-,31+,32+,33+,34+,35?,36?/m1/s1. The van der Waals surface area contributed by atoms with Gasteiger partial charge in [0.05, 0.1) is 48.8 Å². The van der Waals surface area contributed by atoms with E-state index in [4.69, 9.17) is 14.2 Å². The maximum Gasteiger partial charge on any atom is 0.334 e. The third-order valence-electron chi connectivity index (χ3n) is 10.1. The van der Waals surface area contributed by atoms with E-state index in [0.717, 1.165) is 51.4 Å². The molecule has 3 rings (SSSR count). The average Bonchev–Trinajstić information content (AvgIpc) is 3.45. The van der Waals surface area contributed by atoms with E-state index in [0.29, 0.717) is 43.8 Å². The quantitative estimate of drug-likeness (QED) is 0.0438. The Balaban J connectivity index is 1.13. The Morgan fingerprint density at radius 3 is 2.02 bits per heavy atom. The fourth-order valence-corrected chi connectivity index (χ4v) is 7.06. The average molecular weight is 639 g/mol. The molecule has 8 heteroatoms. The van der Waals surface area contributed by atoms with Crippen molar-refractivity contribution >= 4 is 5.97 Å². The van der Waals surface area contributed by atoms with Gasteiger partial charge in [-0.15, -0.1) is 0 Å². The van der Waals surface area contributed by atoms with Gasteiger partial charge in [-0.1, -0.05) is 90.4 Å². The van der Waals surface area contributed by atoms with E-state index < -0.39 is 24.4 Å². The number of carbonyl (C=O) groups excluding carboxylic acids is 1. The molecule has 0 aromatic heterocycles. The van der Waals surface area contributed by atoms with E-state index in [1.807, 2.05) is 6.92 Å². The minimum atomic E-state index is -0.842. The van der Waals surface area contributed by atoms with E-state index in [2.05, 4.69) is 6.92 Å². The summed E-state index contributed by atoms with van der Waals surface area (Å²) in [4.78, 5) is 11.7. The predicted octanol–water partition coefficient (Wildman–Crippen LogP) is 6.83. The summed E-state index contributed by atoms with van der Waals surface area (Å²) >= 11 is 0. The molecule has 3 aliphatic heterocycles. The van der Waals surface area contributed by atoms with Crippen molar-refractivity contribution in [1.29, 1.82) is 0 Å². The van der Waals surface area contributed by atoms with Gasteiger partial charge in [-0.3, -0.25) is 0 Å². The number of rotatable bonds is 27. The number of aliphatic hydroxyl groups excluding tert-OH is 4. The Morgan fingerprint density at radius 1 is 0.711 bits per heavy atom. The summed E-state index contributed by atoms with van der Waals surface area (Å²) in [6, 6.07) is 0. The fourth-order valence-electron chi connectivity index (χ4n) is 7.06. The Kier molecular flexibility index (Phi) is 18.6. The van der Waals surface area contributed by atoms with Gasteiger partial charge in [0.15, 0.2) is 0 Å². The van der Waals surface area contributed by atoms with Crippen LogP contribution in [0.1, 0.15) is 162 Å². The van der Waals surface area contributed by atoms with Gasteiger partial charge in [-0.2, -0.15) is 0 Å². The SMILES string of the molecule is CCCCCCCCCCCCC1OC1CC[C@H](O)[C@@H](O)CC[C@H](O)[C@@H]1CC[C@@H](CCCCCC(O)CC2=CC(C)OC2=O)O1. The molecule has 45 heavy (non-hydrogen) atoms. The Labute approximate surface area is 273 Å². The first kappa shape index (κ1) is 38.4. The minimum Gasteiger partial charge on any atom is -0.455 e. The highest BCUT2D eigenvalue weighted by molar-refractivity contribution is 5.90. The molecule has 8 nitrogen and oxygen atoms in total. The molecule has 3 heterocycles. The number of hydrogen-bond donors (Lipinski definition) is 4. The molecule has 0 radical (unpaired) electrons. The molecular weight excluding hydrogens is 572 g/mol. The van der Waals surface area contributed by atoms with Gasteiger partial charge in [0.2, 0.25) is 0 Å². The van der Waals surface area contributed by atoms with Gasteiger partial charge in [-0.05, 0) is 70.8 Å². The minimum absolute atomic E-state index is 0.136. The molecule has 4 unspecified atom stereocenters. The maximum atomic E-state index is 11.7. The maximum absolute atomic E-state index is 11.7. The zero-order chi connectivity index (χ0) is 32.4. The summed E-state index contributed by atoms with van der Waals surface area (Å²) in [6.07, 6.45) is 22.4. The lowest BCUT2D eigenvalue weighted by Crippen LogP contribution is -2.31. The lowest BCUT2D eigenvalue weighted by atomic mass is 9.97. The van der Waals surface area contributed by atoms with Crippen molar-refractivity contribution in [1.82, 2.24) is 0 Å². The molecule has 0 spiro atoms. The van der Waals surface area contributed by atoms with Crippen LogP contribution in [0.2, 0.25) is 0 Å². The van der Waals surface area contributed by atoms with Crippen molar-refractivity contribution in [2.45, 2.75) is 216 Å². The van der Waals surface area contributed by atoms with Crippen LogP contribution in [0.5, 0.6) is 0 Å². The smallest absolute Gasteiger partial charge is 0.334 e. The second kappa shape index (κ2) is 21.8. The van der Waals surface area contributed by atoms with E-state index in [1.165, 1.54) is 64.2 Å². The first-order chi connectivity index (χ1) is 21.8. The second-order valence-corrected chi connectivity index (χ2v) is 14.2. The molecule has 4 N–H and O–H groups in total. The van der Waals surface area contributed by atoms with Gasteiger partial charge < -0.3 is 34.6 Å². The molecular formula is C37H66O8. The molecule has 9 atom stereocenters. The van der Waals surface area contributed by atoms with Gasteiger partial charge in [0, 0.05) is 12.0 Å². The third kappa shape index (κ3) is 15.6. The van der Waals surface area contributed by atoms with Crippen LogP contribution >= 0.6 is 0 Å². The summed E-state index contributed by atoms with van der Waals surface area (Å²) in [6.45, 7) is 4.08. The van der Waals surface area contributed by atoms with Gasteiger partial charge in [-0.25, -0.2) is 4.79 Å². The number of epoxide rings is 1. The predicted molar refractivity (Wildman–Crippen MR) is 177 cm³/mol. The molecule has 0 saturated carbocycles. The largest absolute Gasteiger partial charge is 0.455 e. The number of carbonyl (C=O) groups is 1. The number of esters is 1. The van der Waals surface area contributed by atoms with Gasteiger partial charge >= 0.3 is 5.97 Å². The number of unbranched alkanes of at least 4 members (excludes halogenated alkanes) is 11. The Bertz CT molecular complexity index is 833. The second-order valence-electron chi connectivity index (χ2n) is 14.2. The summed E-state index contributed by atoms with van der Waals surface area (Å²) in [7, 11) is 0. The molecule has 0 aromatic carbocycles. The highest BCUT2D eigenvalue weighted by atomic mass is 16.6. The zero-order valence-electron chi connectivity index (χ0n) is 28.5. The van der Waals surface area contributed by atoms with Gasteiger partial charge in [0.1, 0.15) is 6.10 Å². The molecule has 3 aliphatic rings. The van der Waals surface area contributed by atoms with E-state index >= 15 is 0 Å². The highest BCUT2D eigenvalue weighted by Gasteiger charge is 2.38. The monoisotopic (exact) mass is 638 g/mol. The number of ether oxygens (including phenoxy) is 3. The van der Waals surface area contributed by atoms with Crippen LogP contribution in [-0.4, -0.2) is 81.3 Å². The van der Waals surface area contributed by atoms with Gasteiger partial charge in [0.25, 0.3) is 0 Å². The fraction of sp³-hybridized carbons (Fsp3) is 0.919. The number of cyclic esters (lactones) is 1. The summed E-state index contributed by atoms with van der Waals surface area (Å²) in [5.74, 6) is -0.311. The van der Waals surface area contributed by atoms with Crippen molar-refractivity contribution in [3.8, 4) is 0 Å². The van der Waals surface area contributed by atoms with Crippen LogP contribution in [0.3, 0.4) is 0 Å². The van der Waals surface area contributed by atoms with Crippen LogP contribution in [-0.2, 0) is 19.0 Å². The van der Waals surface area contributed by atoms with Crippen molar-refractivity contribution < 1.29 is 39.4 Å². The number of hydrogen-bond acceptors (Lipinski definition) is 8. The number of aliphatic hydroxyl groups is 4. The molecule has 262 valence electrons. The van der Waals surface area contributed by atoms with Crippen LogP contribution in [0.25, 0.3) is 0 Å². The van der Waals surface area contributed by atoms with Crippen molar-refractivity contribution in [2.75, 3.05) is 0 Å². The lowest BCUT2D eigenvalue weighted by Gasteiger charge is -2.22. The topological polar surface area (TPSA) is 129 Å². The van der Waals surface area contributed by atoms with Crippen LogP contribution < -0.4 is 0 Å². The summed E-state index contributed by atoms with van der Waals surface area (Å²) in [5.41, 5.74) is 0.581. The first-order valence-electron chi connectivity index (χ1n) is 18.7. The van der Waals surface area contributed by atoms with E-state index in [1.54, 1.807) is 6.08 Å². The molecule has 0 aliphatic carbocycles. The van der Waals surface area contributed by atoms with Crippen LogP contribution in [0, 0.1) is 0 Å². The lowest BCUT2D eigenvalue weighted by molar-refractivity contribution is -0.139. The molecule has 2 fully saturated rings. The summed E-state index contributed by atoms with van der Waals surface area (Å²) in [5, 5.41) is 41.9. The molecule has 0 amide bonds. The van der Waals surface area contributed by atoms with Crippen molar-refractivity contribution in [2.24, 2.45) is 0 Å². The van der Waals surface area contributed by atoms with E-state index in [9.17, 15) is 25.2 Å². The Hall–Kier alpha value is -1.03. The third-order valence-corrected chi connectivity index (χ3v) is 10.1. The zero-order valence-corrected chi connectivity index (χ0v) is 28.5. The molecule has 2 saturated heterocycles. The van der Waals surface area contributed by atoms with Crippen LogP contribution in [0.15, 0.2) is 11.6 Å². The summed E-state index contributed by atoms with van der Waals surface area (Å²) < 4.78 is 17.0. The van der Waals surface area contributed by atoms with Crippen molar-refractivity contribution in [3.63, 3.8) is 0 Å². The molecule has 0 aromatic rings. The molecule has 0 bridgehead atoms. The highest BCUT2D eigenvalue weighted by Crippen LogP contribution is 2.33. The first-order valence-corrected chi connectivity index (χ1v) is 18.7. The van der Waals surface area contributed by atoms with Crippen LogP contribution in [0.4, 0.5) is 0 Å². The van der Waals surface area contributed by atoms with E-state index in [-0.39, 0.29) is 30.4 Å². The Morgan fingerprint density at radius 2 is 1.33 bits per heavy atom. The van der Waals surface area contributed by atoms with Crippen molar-refractivity contribution in [3.05, 3.63) is 11.6 Å². The normalized spacial score (nSPS) is 27.3.